The highest BCUT2D eigenvalue weighted by Crippen LogP contribution is 2.74. The first kappa shape index (κ1) is 16.6. The maximum absolute atomic E-state index is 12.7. The minimum Gasteiger partial charge on any atom is -0.365 e. The van der Waals surface area contributed by atoms with Gasteiger partial charge in [-0.3, -0.25) is 4.79 Å². The number of Topliss-reactive ketones (excluding diaryl/α,β-unsaturated/α-hetero) is 1. The highest BCUT2D eigenvalue weighted by atomic mass is 32.2. The molecule has 2 aliphatic heterocycles. The first-order chi connectivity index (χ1) is 11.8. The van der Waals surface area contributed by atoms with Gasteiger partial charge >= 0.3 is 0 Å². The number of ether oxygens (including phenoxy) is 1. The SMILES string of the molecule is CC12CC(SC#N)C34OC5(O)CCC3(C)C(CCC4C1CCC2=O)C5. The number of carbonyl (C=O) groups excluding carboxylic acids is 1. The molecular weight excluding hydrogens is 334 g/mol. The Morgan fingerprint density at radius 2 is 2.00 bits per heavy atom. The van der Waals surface area contributed by atoms with Gasteiger partial charge in [0, 0.05) is 30.1 Å². The van der Waals surface area contributed by atoms with Gasteiger partial charge in [-0.05, 0) is 61.6 Å². The molecule has 5 heteroatoms. The van der Waals surface area contributed by atoms with Crippen LogP contribution in [0.25, 0.3) is 0 Å². The van der Waals surface area contributed by atoms with Crippen molar-refractivity contribution < 1.29 is 14.6 Å². The Bertz CT molecular complexity index is 691. The van der Waals surface area contributed by atoms with Crippen molar-refractivity contribution in [3.63, 3.8) is 0 Å². The highest BCUT2D eigenvalue weighted by molar-refractivity contribution is 8.04. The number of ketones is 1. The molecule has 6 aliphatic rings. The highest BCUT2D eigenvalue weighted by Gasteiger charge is 2.76. The summed E-state index contributed by atoms with van der Waals surface area (Å²) >= 11 is 1.30. The molecule has 4 bridgehead atoms. The monoisotopic (exact) mass is 361 g/mol. The Hall–Kier alpha value is -0.570. The second-order valence-corrected chi connectivity index (χ2v) is 10.7. The van der Waals surface area contributed by atoms with Gasteiger partial charge in [-0.1, -0.05) is 13.8 Å². The molecule has 2 saturated heterocycles. The van der Waals surface area contributed by atoms with Gasteiger partial charge in [0.1, 0.15) is 11.2 Å². The molecule has 6 fully saturated rings. The molecule has 4 saturated carbocycles. The normalized spacial score (nSPS) is 59.2. The zero-order valence-electron chi connectivity index (χ0n) is 15.1. The number of rotatable bonds is 1. The van der Waals surface area contributed by atoms with Gasteiger partial charge in [-0.15, -0.1) is 0 Å². The van der Waals surface area contributed by atoms with Crippen molar-refractivity contribution in [2.75, 3.05) is 0 Å². The number of aliphatic hydroxyl groups is 1. The van der Waals surface area contributed by atoms with Crippen LogP contribution in [-0.4, -0.2) is 27.5 Å². The van der Waals surface area contributed by atoms with Crippen molar-refractivity contribution in [2.45, 2.75) is 81.9 Å². The van der Waals surface area contributed by atoms with Crippen molar-refractivity contribution in [1.29, 1.82) is 5.26 Å². The second kappa shape index (κ2) is 4.82. The Kier molecular flexibility index (Phi) is 3.20. The van der Waals surface area contributed by atoms with E-state index in [4.69, 9.17) is 4.74 Å². The lowest BCUT2D eigenvalue weighted by Crippen LogP contribution is -2.78. The van der Waals surface area contributed by atoms with Crippen LogP contribution in [-0.2, 0) is 9.53 Å². The van der Waals surface area contributed by atoms with Crippen LogP contribution in [0.4, 0.5) is 0 Å². The predicted molar refractivity (Wildman–Crippen MR) is 94.4 cm³/mol. The number of fused-ring (bicyclic) bond motifs is 3. The molecule has 1 spiro atoms. The van der Waals surface area contributed by atoms with Crippen LogP contribution in [0.1, 0.15) is 65.2 Å². The summed E-state index contributed by atoms with van der Waals surface area (Å²) in [4.78, 5) is 12.7. The molecule has 4 nitrogen and oxygen atoms in total. The van der Waals surface area contributed by atoms with Crippen molar-refractivity contribution >= 4 is 17.5 Å². The van der Waals surface area contributed by atoms with E-state index in [1.54, 1.807) is 0 Å². The molecule has 4 aliphatic carbocycles. The smallest absolute Gasteiger partial charge is 0.166 e. The number of nitrogens with zero attached hydrogens (tertiary/aromatic N) is 1. The summed E-state index contributed by atoms with van der Waals surface area (Å²) in [7, 11) is 0. The zero-order chi connectivity index (χ0) is 17.7. The Balaban J connectivity index is 1.69. The Morgan fingerprint density at radius 1 is 1.20 bits per heavy atom. The Labute approximate surface area is 153 Å². The number of hydrogen-bond donors (Lipinski definition) is 1. The summed E-state index contributed by atoms with van der Waals surface area (Å²) in [6.07, 6.45) is 6.97. The standard InChI is InChI=1S/C20H27NO3S/c1-17-10-16(25-11-21)20-14(13(17)5-6-15(17)22)4-3-12-9-19(23,24-20)8-7-18(12,20)2/h12-14,16,23H,3-10H2,1-2H3. The van der Waals surface area contributed by atoms with Crippen LogP contribution in [0, 0.1) is 39.2 Å². The van der Waals surface area contributed by atoms with E-state index < -0.39 is 11.4 Å². The van der Waals surface area contributed by atoms with Gasteiger partial charge in [-0.2, -0.15) is 5.26 Å². The van der Waals surface area contributed by atoms with Crippen LogP contribution in [0.3, 0.4) is 0 Å². The van der Waals surface area contributed by atoms with Gasteiger partial charge < -0.3 is 9.84 Å². The fourth-order valence-electron chi connectivity index (χ4n) is 7.83. The molecule has 25 heavy (non-hydrogen) atoms. The molecule has 0 aromatic rings. The number of thiocyanates is 1. The van der Waals surface area contributed by atoms with Crippen LogP contribution >= 0.6 is 11.8 Å². The summed E-state index contributed by atoms with van der Waals surface area (Å²) in [5.41, 5.74) is -0.742. The van der Waals surface area contributed by atoms with E-state index in [0.717, 1.165) is 38.5 Å². The first-order valence-corrected chi connectivity index (χ1v) is 10.7. The largest absolute Gasteiger partial charge is 0.365 e. The lowest BCUT2D eigenvalue weighted by Gasteiger charge is -2.74. The van der Waals surface area contributed by atoms with Crippen LogP contribution in [0.15, 0.2) is 0 Å². The van der Waals surface area contributed by atoms with E-state index in [9.17, 15) is 15.2 Å². The summed E-state index contributed by atoms with van der Waals surface area (Å²) in [6, 6.07) is 0. The fraction of sp³-hybridized carbons (Fsp3) is 0.900. The first-order valence-electron chi connectivity index (χ1n) is 9.80. The third kappa shape index (κ3) is 1.75. The number of hydrogen-bond acceptors (Lipinski definition) is 5. The van der Waals surface area contributed by atoms with E-state index in [2.05, 4.69) is 19.2 Å². The molecule has 0 aromatic heterocycles. The Morgan fingerprint density at radius 3 is 2.76 bits per heavy atom. The minimum absolute atomic E-state index is 0.0158. The van der Waals surface area contributed by atoms with Gasteiger partial charge in [0.2, 0.25) is 0 Å². The maximum Gasteiger partial charge on any atom is 0.166 e. The predicted octanol–water partition coefficient (Wildman–Crippen LogP) is 3.63. The number of nitriles is 1. The van der Waals surface area contributed by atoms with Crippen molar-refractivity contribution in [3.8, 4) is 5.40 Å². The van der Waals surface area contributed by atoms with E-state index in [0.29, 0.717) is 30.5 Å². The quantitative estimate of drug-likeness (QED) is 0.722. The van der Waals surface area contributed by atoms with Crippen LogP contribution in [0.5, 0.6) is 0 Å². The average Bonchev–Trinajstić information content (AvgIpc) is 2.84. The topological polar surface area (TPSA) is 70.3 Å². The molecule has 2 heterocycles. The lowest BCUT2D eigenvalue weighted by molar-refractivity contribution is -0.414. The lowest BCUT2D eigenvalue weighted by atomic mass is 9.40. The van der Waals surface area contributed by atoms with E-state index in [-0.39, 0.29) is 22.0 Å². The average molecular weight is 362 g/mol. The van der Waals surface area contributed by atoms with E-state index >= 15 is 0 Å². The summed E-state index contributed by atoms with van der Waals surface area (Å²) in [6.45, 7) is 4.49. The zero-order valence-corrected chi connectivity index (χ0v) is 15.9. The summed E-state index contributed by atoms with van der Waals surface area (Å²) in [5.74, 6) is 0.460. The number of carbonyl (C=O) groups is 1. The van der Waals surface area contributed by atoms with Gasteiger partial charge in [0.15, 0.2) is 5.79 Å². The van der Waals surface area contributed by atoms with Gasteiger partial charge in [0.25, 0.3) is 0 Å². The maximum atomic E-state index is 12.7. The van der Waals surface area contributed by atoms with E-state index in [1.807, 2.05) is 0 Å². The van der Waals surface area contributed by atoms with Crippen LogP contribution < -0.4 is 0 Å². The van der Waals surface area contributed by atoms with Crippen molar-refractivity contribution in [2.24, 2.45) is 28.6 Å². The second-order valence-electron chi connectivity index (χ2n) is 9.73. The third-order valence-corrected chi connectivity index (χ3v) is 9.94. The van der Waals surface area contributed by atoms with Crippen molar-refractivity contribution in [3.05, 3.63) is 0 Å². The molecule has 8 atom stereocenters. The summed E-state index contributed by atoms with van der Waals surface area (Å²) in [5, 5.41) is 22.9. The molecule has 6 rings (SSSR count). The van der Waals surface area contributed by atoms with Gasteiger partial charge in [0.05, 0.1) is 10.9 Å². The molecule has 136 valence electrons. The third-order valence-electron chi connectivity index (χ3n) is 9.04. The number of thioether (sulfide) groups is 1. The van der Waals surface area contributed by atoms with E-state index in [1.165, 1.54) is 11.8 Å². The molecule has 8 unspecified atom stereocenters. The minimum atomic E-state index is -1.02. The van der Waals surface area contributed by atoms with Crippen molar-refractivity contribution in [1.82, 2.24) is 0 Å². The molecule has 1 N–H and O–H groups in total. The van der Waals surface area contributed by atoms with Crippen LogP contribution in [0.2, 0.25) is 0 Å². The molecular formula is C20H27NO3S. The van der Waals surface area contributed by atoms with Gasteiger partial charge in [-0.25, -0.2) is 0 Å². The summed E-state index contributed by atoms with van der Waals surface area (Å²) < 4.78 is 6.66. The molecule has 0 amide bonds. The molecule has 0 radical (unpaired) electrons. The molecule has 0 aromatic carbocycles. The fourth-order valence-corrected chi connectivity index (χ4v) is 9.06.